The molecule has 0 spiro atoms. The van der Waals surface area contributed by atoms with E-state index < -0.39 is 28.2 Å². The molecule has 2 rings (SSSR count). The molecule has 0 aromatic carbocycles. The number of aryl methyl sites for hydroxylation is 1. The van der Waals surface area contributed by atoms with Crippen LogP contribution >= 0.6 is 0 Å². The van der Waals surface area contributed by atoms with E-state index in [1.54, 1.807) is 13.2 Å². The van der Waals surface area contributed by atoms with Crippen LogP contribution in [0.5, 0.6) is 0 Å². The number of nitrogens with one attached hydrogen (secondary N) is 1. The molecule has 0 bridgehead atoms. The minimum atomic E-state index is -3.80. The van der Waals surface area contributed by atoms with Gasteiger partial charge in [0, 0.05) is 32.5 Å². The number of aromatic nitrogens is 2. The zero-order valence-corrected chi connectivity index (χ0v) is 16.3. The average molecular weight is 388 g/mol. The summed E-state index contributed by atoms with van der Waals surface area (Å²) in [4.78, 5) is 16.1. The molecule has 4 N–H and O–H groups in total. The average Bonchev–Trinajstić information content (AvgIpc) is 2.89. The first-order valence-corrected chi connectivity index (χ1v) is 10.3. The Kier molecular flexibility index (Phi) is 6.78. The van der Waals surface area contributed by atoms with Gasteiger partial charge >= 0.3 is 0 Å². The number of nitrogens with two attached hydrogens (primary N) is 1. The summed E-state index contributed by atoms with van der Waals surface area (Å²) in [7, 11) is -2.20. The third kappa shape index (κ3) is 4.81. The molecular formula is C16H29N5O4S. The Bertz CT molecular complexity index is 718. The summed E-state index contributed by atoms with van der Waals surface area (Å²) in [6.45, 7) is 4.12. The van der Waals surface area contributed by atoms with Gasteiger partial charge in [-0.1, -0.05) is 13.8 Å². The molecule has 1 aromatic rings. The van der Waals surface area contributed by atoms with Crippen LogP contribution in [-0.2, 0) is 21.9 Å². The molecule has 2 unspecified atom stereocenters. The number of β-amino-alcohol motifs (C(OH)–C–C–N with tert-alkyl or cyclic N) is 1. The van der Waals surface area contributed by atoms with Crippen LogP contribution in [0.25, 0.3) is 0 Å². The fraction of sp³-hybridized carbons (Fsp3) is 0.750. The van der Waals surface area contributed by atoms with E-state index in [0.29, 0.717) is 19.3 Å². The summed E-state index contributed by atoms with van der Waals surface area (Å²) in [6, 6.07) is -1.17. The number of sulfonamides is 1. The van der Waals surface area contributed by atoms with E-state index in [2.05, 4.69) is 10.3 Å². The van der Waals surface area contributed by atoms with Crippen molar-refractivity contribution < 1.29 is 18.3 Å². The maximum Gasteiger partial charge on any atom is 0.277 e. The van der Waals surface area contributed by atoms with Gasteiger partial charge in [-0.3, -0.25) is 4.79 Å². The zero-order chi connectivity index (χ0) is 19.5. The Labute approximate surface area is 154 Å². The quantitative estimate of drug-likeness (QED) is 0.599. The second kappa shape index (κ2) is 8.47. The van der Waals surface area contributed by atoms with Crippen molar-refractivity contribution in [1.29, 1.82) is 0 Å². The summed E-state index contributed by atoms with van der Waals surface area (Å²) in [5.74, 6) is -0.0311. The smallest absolute Gasteiger partial charge is 0.277 e. The Hall–Kier alpha value is -1.49. The standard InChI is InChI=1S/C16H29N5O4S/c1-11(2)9-12(17)15(23)19-13-5-4-7-21(10-14(13)22)26(24,25)16-18-6-8-20(16)3/h6,8,11-14,22H,4-5,7,9-10,17H2,1-3H3,(H,19,23)/t12?,13?,14-/m0/s1. The molecule has 9 nitrogen and oxygen atoms in total. The molecule has 1 amide bonds. The van der Waals surface area contributed by atoms with Gasteiger partial charge in [0.15, 0.2) is 0 Å². The summed E-state index contributed by atoms with van der Waals surface area (Å²) >= 11 is 0. The number of imidazole rings is 1. The normalized spacial score (nSPS) is 23.6. The monoisotopic (exact) mass is 387 g/mol. The molecule has 3 atom stereocenters. The Balaban J connectivity index is 2.05. The highest BCUT2D eigenvalue weighted by Gasteiger charge is 2.35. The van der Waals surface area contributed by atoms with E-state index in [1.165, 1.54) is 15.1 Å². The number of aliphatic hydroxyl groups is 1. The molecule has 148 valence electrons. The molecule has 1 aliphatic rings. The lowest BCUT2D eigenvalue weighted by Gasteiger charge is -2.26. The van der Waals surface area contributed by atoms with Gasteiger partial charge in [-0.15, -0.1) is 0 Å². The molecule has 10 heteroatoms. The van der Waals surface area contributed by atoms with Crippen molar-refractivity contribution in [3.05, 3.63) is 12.4 Å². The fourth-order valence-corrected chi connectivity index (χ4v) is 4.68. The number of carbonyl (C=O) groups is 1. The third-order valence-corrected chi connectivity index (χ3v) is 6.38. The minimum absolute atomic E-state index is 0.0638. The van der Waals surface area contributed by atoms with E-state index in [0.717, 1.165) is 0 Å². The SMILES string of the molecule is CC(C)CC(N)C(=O)NC1CCCN(S(=O)(=O)c2nccn2C)C[C@@H]1O. The molecule has 0 radical (unpaired) electrons. The summed E-state index contributed by atoms with van der Waals surface area (Å²) in [5.41, 5.74) is 5.89. The zero-order valence-electron chi connectivity index (χ0n) is 15.5. The van der Waals surface area contributed by atoms with Crippen molar-refractivity contribution in [3.8, 4) is 0 Å². The van der Waals surface area contributed by atoms with Crippen LogP contribution < -0.4 is 11.1 Å². The highest BCUT2D eigenvalue weighted by Crippen LogP contribution is 2.19. The lowest BCUT2D eigenvalue weighted by molar-refractivity contribution is -0.124. The van der Waals surface area contributed by atoms with Crippen LogP contribution in [0.2, 0.25) is 0 Å². The second-order valence-corrected chi connectivity index (χ2v) is 9.08. The number of nitrogens with zero attached hydrogens (tertiary/aromatic N) is 3. The molecule has 1 aliphatic heterocycles. The Morgan fingerprint density at radius 1 is 1.50 bits per heavy atom. The lowest BCUT2D eigenvalue weighted by atomic mass is 10.0. The largest absolute Gasteiger partial charge is 0.390 e. The van der Waals surface area contributed by atoms with Crippen molar-refractivity contribution in [2.75, 3.05) is 13.1 Å². The van der Waals surface area contributed by atoms with Gasteiger partial charge in [0.1, 0.15) is 0 Å². The number of aliphatic hydroxyl groups excluding tert-OH is 1. The molecule has 2 heterocycles. The number of amides is 1. The highest BCUT2D eigenvalue weighted by molar-refractivity contribution is 7.89. The molecule has 0 saturated carbocycles. The number of rotatable bonds is 6. The van der Waals surface area contributed by atoms with Crippen molar-refractivity contribution in [2.24, 2.45) is 18.7 Å². The Morgan fingerprint density at radius 3 is 2.77 bits per heavy atom. The second-order valence-electron chi connectivity index (χ2n) is 7.24. The van der Waals surface area contributed by atoms with E-state index in [9.17, 15) is 18.3 Å². The maximum absolute atomic E-state index is 12.8. The summed E-state index contributed by atoms with van der Waals surface area (Å²) in [6.07, 6.45) is 3.51. The predicted molar refractivity (Wildman–Crippen MR) is 96.6 cm³/mol. The number of hydrogen-bond acceptors (Lipinski definition) is 6. The third-order valence-electron chi connectivity index (χ3n) is 4.52. The van der Waals surface area contributed by atoms with E-state index in [4.69, 9.17) is 5.73 Å². The number of hydrogen-bond donors (Lipinski definition) is 3. The lowest BCUT2D eigenvalue weighted by Crippen LogP contribution is -2.51. The van der Waals surface area contributed by atoms with Crippen LogP contribution in [-0.4, -0.2) is 64.6 Å². The van der Waals surface area contributed by atoms with Crippen molar-refractivity contribution in [2.45, 2.75) is 56.5 Å². The molecule has 26 heavy (non-hydrogen) atoms. The van der Waals surface area contributed by atoms with E-state index >= 15 is 0 Å². The minimum Gasteiger partial charge on any atom is -0.390 e. The van der Waals surface area contributed by atoms with Gasteiger partial charge in [-0.2, -0.15) is 4.31 Å². The van der Waals surface area contributed by atoms with E-state index in [1.807, 2.05) is 13.8 Å². The van der Waals surface area contributed by atoms with Crippen LogP contribution in [0.15, 0.2) is 17.6 Å². The molecular weight excluding hydrogens is 358 g/mol. The first-order chi connectivity index (χ1) is 12.1. The fourth-order valence-electron chi connectivity index (χ4n) is 3.11. The van der Waals surface area contributed by atoms with E-state index in [-0.39, 0.29) is 30.1 Å². The molecule has 0 aliphatic carbocycles. The maximum atomic E-state index is 12.8. The van der Waals surface area contributed by atoms with Crippen molar-refractivity contribution in [3.63, 3.8) is 0 Å². The molecule has 1 fully saturated rings. The Morgan fingerprint density at radius 2 is 2.19 bits per heavy atom. The first-order valence-electron chi connectivity index (χ1n) is 8.84. The van der Waals surface area contributed by atoms with Crippen LogP contribution in [0.1, 0.15) is 33.1 Å². The van der Waals surface area contributed by atoms with Gasteiger partial charge in [-0.25, -0.2) is 13.4 Å². The van der Waals surface area contributed by atoms with Crippen molar-refractivity contribution >= 4 is 15.9 Å². The van der Waals surface area contributed by atoms with Crippen LogP contribution in [0.3, 0.4) is 0 Å². The van der Waals surface area contributed by atoms with Gasteiger partial charge in [0.25, 0.3) is 10.0 Å². The van der Waals surface area contributed by atoms with Gasteiger partial charge in [0.2, 0.25) is 11.1 Å². The van der Waals surface area contributed by atoms with Crippen molar-refractivity contribution in [1.82, 2.24) is 19.2 Å². The van der Waals surface area contributed by atoms with Gasteiger partial charge in [0.05, 0.1) is 18.2 Å². The number of carbonyl (C=O) groups excluding carboxylic acids is 1. The first kappa shape index (κ1) is 20.8. The van der Waals surface area contributed by atoms with Crippen LogP contribution in [0, 0.1) is 5.92 Å². The molecule has 1 saturated heterocycles. The highest BCUT2D eigenvalue weighted by atomic mass is 32.2. The topological polar surface area (TPSA) is 131 Å². The van der Waals surface area contributed by atoms with Crippen LogP contribution in [0.4, 0.5) is 0 Å². The summed E-state index contributed by atoms with van der Waals surface area (Å²) in [5, 5.41) is 13.2. The molecule has 1 aromatic heterocycles. The predicted octanol–water partition coefficient (Wildman–Crippen LogP) is -0.576. The van der Waals surface area contributed by atoms with Gasteiger partial charge < -0.3 is 20.7 Å². The van der Waals surface area contributed by atoms with Gasteiger partial charge in [-0.05, 0) is 25.2 Å². The summed E-state index contributed by atoms with van der Waals surface area (Å²) < 4.78 is 28.1.